The van der Waals surface area contributed by atoms with E-state index in [9.17, 15) is 9.59 Å². The van der Waals surface area contributed by atoms with Gasteiger partial charge in [0.05, 0.1) is 12.3 Å². The molecule has 1 aliphatic heterocycles. The molecular weight excluding hydrogens is 566 g/mol. The minimum Gasteiger partial charge on any atom is -0.446 e. The Balaban J connectivity index is 1.31. The molecule has 0 spiro atoms. The number of nitrogens with one attached hydrogen (secondary N) is 2. The molecule has 2 amide bonds. The second-order valence-electron chi connectivity index (χ2n) is 13.4. The van der Waals surface area contributed by atoms with Crippen LogP contribution in [-0.2, 0) is 27.0 Å². The molecule has 1 aliphatic rings. The summed E-state index contributed by atoms with van der Waals surface area (Å²) in [5.41, 5.74) is 5.61. The Morgan fingerprint density at radius 2 is 1.57 bits per heavy atom. The number of piperidine rings is 1. The van der Waals surface area contributed by atoms with Gasteiger partial charge in [0.15, 0.2) is 8.32 Å². The molecule has 1 fully saturated rings. The largest absolute Gasteiger partial charge is 0.446 e. The second-order valence-corrected chi connectivity index (χ2v) is 18.2. The van der Waals surface area contributed by atoms with Crippen LogP contribution in [0.15, 0.2) is 72.8 Å². The van der Waals surface area contributed by atoms with Crippen molar-refractivity contribution in [3.8, 4) is 11.1 Å². The van der Waals surface area contributed by atoms with Crippen molar-refractivity contribution in [3.63, 3.8) is 0 Å². The number of amides is 2. The van der Waals surface area contributed by atoms with E-state index in [2.05, 4.69) is 62.5 Å². The third-order valence-corrected chi connectivity index (χ3v) is 13.3. The first-order valence-corrected chi connectivity index (χ1v) is 18.7. The summed E-state index contributed by atoms with van der Waals surface area (Å²) in [5.74, 6) is -0.0174. The van der Waals surface area contributed by atoms with Crippen LogP contribution in [-0.4, -0.2) is 51.5 Å². The van der Waals surface area contributed by atoms with E-state index in [1.807, 2.05) is 66.7 Å². The van der Waals surface area contributed by atoms with E-state index in [0.717, 1.165) is 53.9 Å². The first-order valence-electron chi connectivity index (χ1n) is 15.8. The molecule has 0 radical (unpaired) electrons. The highest BCUT2D eigenvalue weighted by Gasteiger charge is 2.37. The first-order chi connectivity index (χ1) is 20.9. The summed E-state index contributed by atoms with van der Waals surface area (Å²) in [4.78, 5) is 27.8. The lowest BCUT2D eigenvalue weighted by Gasteiger charge is -2.36. The van der Waals surface area contributed by atoms with Crippen LogP contribution in [0, 0.1) is 0 Å². The Labute approximate surface area is 264 Å². The van der Waals surface area contributed by atoms with Crippen LogP contribution in [0.2, 0.25) is 18.1 Å². The molecule has 0 bridgehead atoms. The molecule has 236 valence electrons. The smallest absolute Gasteiger partial charge is 0.411 e. The van der Waals surface area contributed by atoms with Gasteiger partial charge in [0, 0.05) is 30.8 Å². The van der Waals surface area contributed by atoms with E-state index >= 15 is 0 Å². The molecule has 1 heterocycles. The Bertz CT molecular complexity index is 1380. The molecule has 0 atom stereocenters. The number of hydrogen-bond donors (Lipinski definition) is 2. The van der Waals surface area contributed by atoms with Gasteiger partial charge in [0.25, 0.3) is 0 Å². The number of carbonyl (C=O) groups is 2. The first kappa shape index (κ1) is 33.4. The van der Waals surface area contributed by atoms with E-state index in [1.54, 1.807) is 0 Å². The normalized spacial score (nSPS) is 14.7. The predicted octanol–water partition coefficient (Wildman–Crippen LogP) is 8.48. The van der Waals surface area contributed by atoms with Crippen LogP contribution < -0.4 is 10.6 Å². The molecule has 0 unspecified atom stereocenters. The maximum absolute atomic E-state index is 12.9. The Hall–Kier alpha value is -3.46. The van der Waals surface area contributed by atoms with E-state index < -0.39 is 14.4 Å². The quantitative estimate of drug-likeness (QED) is 0.212. The average molecular weight is 616 g/mol. The Kier molecular flexibility index (Phi) is 11.4. The van der Waals surface area contributed by atoms with Crippen molar-refractivity contribution in [2.24, 2.45) is 0 Å². The zero-order valence-electron chi connectivity index (χ0n) is 27.2. The lowest BCUT2D eigenvalue weighted by atomic mass is 9.99. The minimum absolute atomic E-state index is 0.0174. The van der Waals surface area contributed by atoms with Gasteiger partial charge in [0.2, 0.25) is 5.91 Å². The number of hydrogen-bond acceptors (Lipinski definition) is 5. The van der Waals surface area contributed by atoms with Gasteiger partial charge in [-0.2, -0.15) is 0 Å². The van der Waals surface area contributed by atoms with Crippen molar-refractivity contribution in [1.82, 2.24) is 4.90 Å². The fourth-order valence-electron chi connectivity index (χ4n) is 4.95. The monoisotopic (exact) mass is 615 g/mol. The number of aryl methyl sites for hydroxylation is 1. The lowest BCUT2D eigenvalue weighted by molar-refractivity contribution is -0.116. The highest BCUT2D eigenvalue weighted by molar-refractivity contribution is 6.74. The molecule has 3 aromatic carbocycles. The molecule has 7 nitrogen and oxygen atoms in total. The van der Waals surface area contributed by atoms with Crippen LogP contribution in [0.5, 0.6) is 0 Å². The molecular formula is C36H49N3O4Si. The van der Waals surface area contributed by atoms with Gasteiger partial charge < -0.3 is 19.4 Å². The van der Waals surface area contributed by atoms with E-state index in [4.69, 9.17) is 9.16 Å². The van der Waals surface area contributed by atoms with Crippen LogP contribution in [0.3, 0.4) is 0 Å². The second kappa shape index (κ2) is 15.0. The summed E-state index contributed by atoms with van der Waals surface area (Å²) in [6, 6.07) is 24.0. The van der Waals surface area contributed by atoms with Crippen molar-refractivity contribution in [3.05, 3.63) is 83.9 Å². The highest BCUT2D eigenvalue weighted by Crippen LogP contribution is 2.37. The van der Waals surface area contributed by atoms with Crippen molar-refractivity contribution < 1.29 is 18.8 Å². The maximum Gasteiger partial charge on any atom is 0.411 e. The number of likely N-dealkylation sites (tertiary alicyclic amines) is 1. The predicted molar refractivity (Wildman–Crippen MR) is 182 cm³/mol. The summed E-state index contributed by atoms with van der Waals surface area (Å²) in [5, 5.41) is 6.19. The van der Waals surface area contributed by atoms with Crippen LogP contribution in [0.1, 0.15) is 57.6 Å². The zero-order chi connectivity index (χ0) is 31.7. The molecule has 0 saturated carbocycles. The maximum atomic E-state index is 12.9. The fraction of sp³-hybridized carbons (Fsp3) is 0.444. The third-order valence-electron chi connectivity index (χ3n) is 8.86. The summed E-state index contributed by atoms with van der Waals surface area (Å²) in [6.45, 7) is 13.6. The summed E-state index contributed by atoms with van der Waals surface area (Å²) >= 11 is 0. The van der Waals surface area contributed by atoms with Gasteiger partial charge in [-0.05, 0) is 85.8 Å². The SMILES string of the molecule is CN1CCC(OC(=O)Nc2cc(CCCC(=O)Nc3ccc(CO[Si](C)(C)C(C)(C)C)cc3)ccc2-c2ccccc2)CC1. The van der Waals surface area contributed by atoms with E-state index in [1.165, 1.54) is 0 Å². The van der Waals surface area contributed by atoms with E-state index in [-0.39, 0.29) is 17.0 Å². The Morgan fingerprint density at radius 1 is 0.909 bits per heavy atom. The Morgan fingerprint density at radius 3 is 2.23 bits per heavy atom. The minimum atomic E-state index is -1.81. The van der Waals surface area contributed by atoms with Crippen molar-refractivity contribution in [2.75, 3.05) is 30.8 Å². The summed E-state index contributed by atoms with van der Waals surface area (Å²) in [6.07, 6.45) is 2.99. The topological polar surface area (TPSA) is 79.9 Å². The molecule has 3 aromatic rings. The number of benzene rings is 3. The van der Waals surface area contributed by atoms with Gasteiger partial charge >= 0.3 is 6.09 Å². The van der Waals surface area contributed by atoms with Crippen molar-refractivity contribution in [2.45, 2.75) is 83.7 Å². The standard InChI is InChI=1S/C36H49N3O4Si/c1-36(2,3)44(5,6)42-26-28-15-18-30(19-16-28)37-34(40)14-10-11-27-17-20-32(29-12-8-7-9-13-29)33(25-27)38-35(41)43-31-21-23-39(4)24-22-31/h7-9,12-13,15-20,25,31H,10-11,14,21-24,26H2,1-6H3,(H,37,40)(H,38,41). The van der Waals surface area contributed by atoms with Gasteiger partial charge in [-0.25, -0.2) is 4.79 Å². The number of carbonyl (C=O) groups excluding carboxylic acids is 2. The highest BCUT2D eigenvalue weighted by atomic mass is 28.4. The molecule has 0 aromatic heterocycles. The van der Waals surface area contributed by atoms with Gasteiger partial charge in [-0.1, -0.05) is 75.4 Å². The number of nitrogens with zero attached hydrogens (tertiary/aromatic N) is 1. The summed E-state index contributed by atoms with van der Waals surface area (Å²) < 4.78 is 12.1. The zero-order valence-corrected chi connectivity index (χ0v) is 28.2. The van der Waals surface area contributed by atoms with Gasteiger partial charge in [0.1, 0.15) is 6.10 Å². The third kappa shape index (κ3) is 9.77. The average Bonchev–Trinajstić information content (AvgIpc) is 2.98. The lowest BCUT2D eigenvalue weighted by Crippen LogP contribution is -2.40. The fourth-order valence-corrected chi connectivity index (χ4v) is 5.91. The molecule has 4 rings (SSSR count). The molecule has 1 saturated heterocycles. The molecule has 2 N–H and O–H groups in total. The van der Waals surface area contributed by atoms with Crippen molar-refractivity contribution in [1.29, 1.82) is 0 Å². The summed E-state index contributed by atoms with van der Waals surface area (Å²) in [7, 11) is 0.273. The van der Waals surface area contributed by atoms with Crippen LogP contribution >= 0.6 is 0 Å². The molecule has 0 aliphatic carbocycles. The van der Waals surface area contributed by atoms with Gasteiger partial charge in [-0.15, -0.1) is 0 Å². The number of anilines is 2. The van der Waals surface area contributed by atoms with E-state index in [0.29, 0.717) is 31.6 Å². The number of ether oxygens (including phenoxy) is 1. The van der Waals surface area contributed by atoms with Crippen LogP contribution in [0.25, 0.3) is 11.1 Å². The van der Waals surface area contributed by atoms with Crippen molar-refractivity contribution >= 4 is 31.7 Å². The van der Waals surface area contributed by atoms with Gasteiger partial charge in [-0.3, -0.25) is 10.1 Å². The number of rotatable bonds is 11. The molecule has 8 heteroatoms. The van der Waals surface area contributed by atoms with Crippen LogP contribution in [0.4, 0.5) is 16.2 Å². The molecule has 44 heavy (non-hydrogen) atoms.